The first-order valence-corrected chi connectivity index (χ1v) is 17.4. The van der Waals surface area contributed by atoms with Crippen molar-refractivity contribution >= 4 is 41.5 Å². The zero-order valence-electron chi connectivity index (χ0n) is 22.8. The fourth-order valence-corrected chi connectivity index (χ4v) is 7.18. The van der Waals surface area contributed by atoms with E-state index in [2.05, 4.69) is 10.3 Å². The highest BCUT2D eigenvalue weighted by Gasteiger charge is 2.20. The molecule has 0 atom stereocenters. The maximum Gasteiger partial charge on any atom is 0.339 e. The van der Waals surface area contributed by atoms with Crippen molar-refractivity contribution in [3.63, 3.8) is 0 Å². The van der Waals surface area contributed by atoms with Gasteiger partial charge in [0.15, 0.2) is 15.6 Å². The number of H-pyrrole nitrogens is 1. The van der Waals surface area contributed by atoms with E-state index in [1.807, 2.05) is 37.3 Å². The summed E-state index contributed by atoms with van der Waals surface area (Å²) in [4.78, 5) is 14.5. The molecule has 2 N–H and O–H groups in total. The molecular weight excluding hydrogens is 585 g/mol. The largest absolute Gasteiger partial charge is 0.380 e. The number of benzene rings is 3. The van der Waals surface area contributed by atoms with Crippen LogP contribution in [-0.4, -0.2) is 59.6 Å². The summed E-state index contributed by atoms with van der Waals surface area (Å²) in [5.74, 6) is 0.137. The Morgan fingerprint density at radius 1 is 0.854 bits per heavy atom. The second-order valence-electron chi connectivity index (χ2n) is 9.65. The minimum absolute atomic E-state index is 0.000229. The summed E-state index contributed by atoms with van der Waals surface area (Å²) >= 11 is 0.993. The third-order valence-corrected chi connectivity index (χ3v) is 10.3. The minimum atomic E-state index is -4.07. The molecule has 0 saturated heterocycles. The van der Waals surface area contributed by atoms with Gasteiger partial charge in [-0.05, 0) is 68.6 Å². The first kappa shape index (κ1) is 30.9. The van der Waals surface area contributed by atoms with Crippen molar-refractivity contribution in [1.29, 1.82) is 0 Å². The van der Waals surface area contributed by atoms with Gasteiger partial charge in [-0.15, -0.1) is 0 Å². The van der Waals surface area contributed by atoms with Crippen molar-refractivity contribution in [3.05, 3.63) is 93.1 Å². The number of hydrogen-bond acceptors (Lipinski definition) is 9. The highest BCUT2D eigenvalue weighted by atomic mass is 32.2. The van der Waals surface area contributed by atoms with Crippen LogP contribution in [0.25, 0.3) is 10.2 Å². The molecule has 0 saturated carbocycles. The van der Waals surface area contributed by atoms with Crippen LogP contribution >= 0.6 is 11.3 Å². The standard InChI is InChI=1S/C29H34N2O7S3/c1-22-8-11-25(12-9-22)41(35,36)38-26-13-10-24(28-27(26)31-29(32)39-28)14-17-30-16-5-20-40(33,34)21-19-37-18-15-23-6-3-2-4-7-23/h2-4,6-13,30H,5,14-21H2,1H3,(H,31,32). The number of sulfone groups is 1. The lowest BCUT2D eigenvalue weighted by Gasteiger charge is -2.11. The van der Waals surface area contributed by atoms with Crippen LogP contribution in [0, 0.1) is 6.92 Å². The molecule has 4 aromatic rings. The van der Waals surface area contributed by atoms with Gasteiger partial charge in [0.25, 0.3) is 0 Å². The molecule has 3 aromatic carbocycles. The maximum atomic E-state index is 12.8. The Hall–Kier alpha value is -3.03. The summed E-state index contributed by atoms with van der Waals surface area (Å²) in [5, 5.41) is 3.24. The van der Waals surface area contributed by atoms with Crippen LogP contribution in [0.4, 0.5) is 0 Å². The predicted octanol–water partition coefficient (Wildman–Crippen LogP) is 3.86. The van der Waals surface area contributed by atoms with E-state index in [4.69, 9.17) is 8.92 Å². The first-order valence-electron chi connectivity index (χ1n) is 13.3. The van der Waals surface area contributed by atoms with Crippen molar-refractivity contribution in [3.8, 4) is 5.75 Å². The van der Waals surface area contributed by atoms with E-state index in [0.717, 1.165) is 34.4 Å². The Bertz CT molecular complexity index is 1700. The Morgan fingerprint density at radius 2 is 1.61 bits per heavy atom. The molecular formula is C29H34N2O7S3. The molecule has 0 unspecified atom stereocenters. The van der Waals surface area contributed by atoms with E-state index >= 15 is 0 Å². The smallest absolute Gasteiger partial charge is 0.339 e. The maximum absolute atomic E-state index is 12.8. The molecule has 0 bridgehead atoms. The number of rotatable bonds is 16. The van der Waals surface area contributed by atoms with Crippen molar-refractivity contribution in [2.24, 2.45) is 0 Å². The zero-order chi connectivity index (χ0) is 29.3. The molecule has 9 nitrogen and oxygen atoms in total. The molecule has 1 aromatic heterocycles. The molecule has 0 aliphatic carbocycles. The van der Waals surface area contributed by atoms with E-state index in [1.165, 1.54) is 12.1 Å². The zero-order valence-corrected chi connectivity index (χ0v) is 25.2. The quantitative estimate of drug-likeness (QED) is 0.143. The van der Waals surface area contributed by atoms with Gasteiger partial charge in [0.1, 0.15) is 10.4 Å². The summed E-state index contributed by atoms with van der Waals surface area (Å²) in [7, 11) is -7.27. The van der Waals surface area contributed by atoms with Crippen LogP contribution in [0.3, 0.4) is 0 Å². The molecule has 12 heteroatoms. The lowest BCUT2D eigenvalue weighted by molar-refractivity contribution is 0.152. The van der Waals surface area contributed by atoms with Gasteiger partial charge in [0, 0.05) is 0 Å². The number of aryl methyl sites for hydroxylation is 1. The summed E-state index contributed by atoms with van der Waals surface area (Å²) in [6.45, 7) is 3.62. The predicted molar refractivity (Wildman–Crippen MR) is 162 cm³/mol. The van der Waals surface area contributed by atoms with Crippen molar-refractivity contribution in [1.82, 2.24) is 10.3 Å². The fourth-order valence-electron chi connectivity index (χ4n) is 4.19. The van der Waals surface area contributed by atoms with Crippen LogP contribution in [-0.2, 0) is 37.5 Å². The van der Waals surface area contributed by atoms with E-state index < -0.39 is 20.0 Å². The topological polar surface area (TPSA) is 132 Å². The van der Waals surface area contributed by atoms with Crippen molar-refractivity contribution in [2.45, 2.75) is 31.1 Å². The molecule has 220 valence electrons. The second-order valence-corrected chi connectivity index (χ2v) is 14.5. The number of hydrogen-bond donors (Lipinski definition) is 2. The number of aromatic nitrogens is 1. The molecule has 0 spiro atoms. The fraction of sp³-hybridized carbons (Fsp3) is 0.345. The second kappa shape index (κ2) is 14.2. The van der Waals surface area contributed by atoms with E-state index in [1.54, 1.807) is 24.3 Å². The first-order chi connectivity index (χ1) is 19.6. The van der Waals surface area contributed by atoms with Crippen molar-refractivity contribution in [2.75, 3.05) is 37.8 Å². The lowest BCUT2D eigenvalue weighted by atomic mass is 10.1. The third-order valence-electron chi connectivity index (χ3n) is 6.43. The molecule has 0 amide bonds. The van der Waals surface area contributed by atoms with Gasteiger partial charge in [-0.1, -0.05) is 65.4 Å². The number of thiazole rings is 1. The molecule has 4 rings (SSSR count). The Morgan fingerprint density at radius 3 is 2.37 bits per heavy atom. The van der Waals surface area contributed by atoms with Crippen LogP contribution < -0.4 is 14.4 Å². The average Bonchev–Trinajstić information content (AvgIpc) is 3.34. The highest BCUT2D eigenvalue weighted by molar-refractivity contribution is 7.91. The van der Waals surface area contributed by atoms with Gasteiger partial charge in [0.05, 0.1) is 29.4 Å². The van der Waals surface area contributed by atoms with Crippen LogP contribution in [0.2, 0.25) is 0 Å². The van der Waals surface area contributed by atoms with Gasteiger partial charge >= 0.3 is 15.0 Å². The average molecular weight is 619 g/mol. The number of ether oxygens (including phenoxy) is 1. The number of fused-ring (bicyclic) bond motifs is 1. The van der Waals surface area contributed by atoms with Gasteiger partial charge in [-0.3, -0.25) is 4.79 Å². The van der Waals surface area contributed by atoms with Crippen molar-refractivity contribution < 1.29 is 25.8 Å². The lowest BCUT2D eigenvalue weighted by Crippen LogP contribution is -2.23. The molecule has 0 aliphatic heterocycles. The number of aromatic amines is 1. The van der Waals surface area contributed by atoms with E-state index in [-0.39, 0.29) is 33.6 Å². The van der Waals surface area contributed by atoms with Gasteiger partial charge in [-0.25, -0.2) is 8.42 Å². The molecule has 0 aliphatic rings. The van der Waals surface area contributed by atoms with Crippen LogP contribution in [0.15, 0.2) is 76.4 Å². The molecule has 0 radical (unpaired) electrons. The monoisotopic (exact) mass is 618 g/mol. The highest BCUT2D eigenvalue weighted by Crippen LogP contribution is 2.31. The van der Waals surface area contributed by atoms with Gasteiger partial charge in [0.2, 0.25) is 0 Å². The summed E-state index contributed by atoms with van der Waals surface area (Å²) in [6, 6.07) is 19.5. The SMILES string of the molecule is Cc1ccc(S(=O)(=O)Oc2ccc(CCNCCCS(=O)(=O)CCOCCc3ccccc3)c3sc(=O)[nH]c23)cc1. The Labute approximate surface area is 244 Å². The summed E-state index contributed by atoms with van der Waals surface area (Å²) in [6.07, 6.45) is 1.79. The van der Waals surface area contributed by atoms with Gasteiger partial charge in [-0.2, -0.15) is 8.42 Å². The molecule has 0 fully saturated rings. The number of nitrogens with one attached hydrogen (secondary N) is 2. The molecule has 1 heterocycles. The normalized spacial score (nSPS) is 12.1. The summed E-state index contributed by atoms with van der Waals surface area (Å²) in [5.41, 5.74) is 3.28. The Kier molecular flexibility index (Phi) is 10.7. The third kappa shape index (κ3) is 9.23. The van der Waals surface area contributed by atoms with E-state index in [9.17, 15) is 21.6 Å². The molecule has 41 heavy (non-hydrogen) atoms. The van der Waals surface area contributed by atoms with Crippen LogP contribution in [0.5, 0.6) is 5.75 Å². The Balaban J connectivity index is 1.21. The van der Waals surface area contributed by atoms with Crippen LogP contribution in [0.1, 0.15) is 23.1 Å². The van der Waals surface area contributed by atoms with E-state index in [0.29, 0.717) is 42.8 Å². The minimum Gasteiger partial charge on any atom is -0.380 e. The van der Waals surface area contributed by atoms with Gasteiger partial charge < -0.3 is 19.2 Å². The summed E-state index contributed by atoms with van der Waals surface area (Å²) < 4.78 is 61.7.